The van der Waals surface area contributed by atoms with Gasteiger partial charge in [-0.1, -0.05) is 23.7 Å². The van der Waals surface area contributed by atoms with Crippen molar-refractivity contribution in [1.29, 1.82) is 0 Å². The fourth-order valence-electron chi connectivity index (χ4n) is 2.87. The summed E-state index contributed by atoms with van der Waals surface area (Å²) < 4.78 is 15.7. The first-order valence-corrected chi connectivity index (χ1v) is 9.00. The van der Waals surface area contributed by atoms with Crippen molar-refractivity contribution in [2.75, 3.05) is 7.11 Å². The minimum Gasteiger partial charge on any atom is -0.497 e. The Balaban J connectivity index is 1.53. The molecule has 29 heavy (non-hydrogen) atoms. The Labute approximate surface area is 169 Å². The first-order valence-electron chi connectivity index (χ1n) is 8.63. The van der Waals surface area contributed by atoms with Gasteiger partial charge in [-0.05, 0) is 30.3 Å². The molecular formula is C21H15ClN2O5. The van der Waals surface area contributed by atoms with Crippen molar-refractivity contribution in [3.05, 3.63) is 81.3 Å². The Kier molecular flexibility index (Phi) is 5.05. The molecule has 0 spiro atoms. The van der Waals surface area contributed by atoms with Gasteiger partial charge in [0.05, 0.1) is 12.8 Å². The number of rotatable bonds is 5. The third-order valence-corrected chi connectivity index (χ3v) is 4.59. The van der Waals surface area contributed by atoms with Crippen LogP contribution in [-0.2, 0) is 11.3 Å². The zero-order valence-electron chi connectivity index (χ0n) is 15.3. The van der Waals surface area contributed by atoms with E-state index in [1.807, 2.05) is 0 Å². The van der Waals surface area contributed by atoms with Crippen molar-refractivity contribution in [2.45, 2.75) is 6.61 Å². The quantitative estimate of drug-likeness (QED) is 0.391. The molecule has 0 fully saturated rings. The number of fused-ring (bicyclic) bond motifs is 1. The molecule has 4 rings (SSSR count). The summed E-state index contributed by atoms with van der Waals surface area (Å²) in [5, 5.41) is 8.06. The molecule has 2 heterocycles. The molecule has 8 heteroatoms. The number of H-pyrrole nitrogens is 1. The van der Waals surface area contributed by atoms with Gasteiger partial charge in [-0.25, -0.2) is 9.59 Å². The lowest BCUT2D eigenvalue weighted by Crippen LogP contribution is -2.08. The van der Waals surface area contributed by atoms with Crippen LogP contribution in [0.3, 0.4) is 0 Å². The Bertz CT molecular complexity index is 1240. The molecule has 0 radical (unpaired) electrons. The maximum absolute atomic E-state index is 12.4. The largest absolute Gasteiger partial charge is 0.497 e. The number of methoxy groups -OCH3 is 1. The summed E-state index contributed by atoms with van der Waals surface area (Å²) >= 11 is 5.89. The predicted molar refractivity (Wildman–Crippen MR) is 107 cm³/mol. The van der Waals surface area contributed by atoms with Gasteiger partial charge in [0.25, 0.3) is 0 Å². The number of esters is 1. The van der Waals surface area contributed by atoms with Gasteiger partial charge >= 0.3 is 11.6 Å². The number of aromatic amines is 1. The first-order chi connectivity index (χ1) is 14.0. The molecule has 0 aliphatic heterocycles. The molecule has 2 aromatic carbocycles. The maximum atomic E-state index is 12.4. The second-order valence-corrected chi connectivity index (χ2v) is 6.64. The van der Waals surface area contributed by atoms with Crippen molar-refractivity contribution in [3.8, 4) is 17.0 Å². The van der Waals surface area contributed by atoms with E-state index in [0.717, 1.165) is 5.56 Å². The highest BCUT2D eigenvalue weighted by Crippen LogP contribution is 2.24. The molecular weight excluding hydrogens is 396 g/mol. The lowest BCUT2D eigenvalue weighted by atomic mass is 10.1. The highest BCUT2D eigenvalue weighted by Gasteiger charge is 2.14. The number of benzene rings is 2. The number of aromatic nitrogens is 2. The van der Waals surface area contributed by atoms with Crippen molar-refractivity contribution in [2.24, 2.45) is 0 Å². The molecule has 1 N–H and O–H groups in total. The van der Waals surface area contributed by atoms with Gasteiger partial charge in [0.15, 0.2) is 0 Å². The average Bonchev–Trinajstić information content (AvgIpc) is 3.22. The average molecular weight is 411 g/mol. The van der Waals surface area contributed by atoms with Gasteiger partial charge in [-0.2, -0.15) is 5.10 Å². The molecule has 0 aliphatic carbocycles. The van der Waals surface area contributed by atoms with E-state index in [4.69, 9.17) is 25.5 Å². The third kappa shape index (κ3) is 4.00. The van der Waals surface area contributed by atoms with E-state index in [9.17, 15) is 9.59 Å². The van der Waals surface area contributed by atoms with Crippen LogP contribution in [0.2, 0.25) is 5.02 Å². The highest BCUT2D eigenvalue weighted by molar-refractivity contribution is 6.30. The fourth-order valence-corrected chi connectivity index (χ4v) is 3.00. The summed E-state index contributed by atoms with van der Waals surface area (Å²) in [6.07, 6.45) is 0. The van der Waals surface area contributed by atoms with Crippen LogP contribution >= 0.6 is 11.6 Å². The zero-order valence-corrected chi connectivity index (χ0v) is 16.0. The van der Waals surface area contributed by atoms with Gasteiger partial charge in [0.1, 0.15) is 23.6 Å². The maximum Gasteiger partial charge on any atom is 0.356 e. The first kappa shape index (κ1) is 18.8. The molecule has 0 amide bonds. The van der Waals surface area contributed by atoms with Crippen LogP contribution in [0.25, 0.3) is 22.2 Å². The summed E-state index contributed by atoms with van der Waals surface area (Å²) in [6.45, 7) is -0.0947. The van der Waals surface area contributed by atoms with Crippen LogP contribution in [0.4, 0.5) is 0 Å². The molecule has 0 saturated carbocycles. The van der Waals surface area contributed by atoms with Crippen molar-refractivity contribution < 1.29 is 18.7 Å². The number of carbonyl (C=O) groups excluding carboxylic acids is 1. The molecule has 7 nitrogen and oxygen atoms in total. The Morgan fingerprint density at radius 3 is 2.69 bits per heavy atom. The van der Waals surface area contributed by atoms with E-state index in [1.165, 1.54) is 13.2 Å². The molecule has 2 aromatic heterocycles. The summed E-state index contributed by atoms with van der Waals surface area (Å²) in [5.74, 6) is -0.0328. The molecule has 0 unspecified atom stereocenters. The normalized spacial score (nSPS) is 10.8. The Morgan fingerprint density at radius 1 is 1.14 bits per heavy atom. The Morgan fingerprint density at radius 2 is 1.93 bits per heavy atom. The standard InChI is InChI=1S/C21H15ClN2O5/c1-27-15-6-7-16-13(8-20(25)29-19(16)9-15)11-28-21(26)18-10-17(23-24-18)12-2-4-14(22)5-3-12/h2-10H,11H2,1H3,(H,23,24). The second-order valence-electron chi connectivity index (χ2n) is 6.20. The second kappa shape index (κ2) is 7.81. The van der Waals surface area contributed by atoms with Gasteiger partial charge in [0.2, 0.25) is 0 Å². The minimum atomic E-state index is -0.590. The van der Waals surface area contributed by atoms with E-state index in [-0.39, 0.29) is 12.3 Å². The highest BCUT2D eigenvalue weighted by atomic mass is 35.5. The van der Waals surface area contributed by atoms with Gasteiger partial charge in [-0.3, -0.25) is 5.10 Å². The molecule has 0 bridgehead atoms. The van der Waals surface area contributed by atoms with Crippen LogP contribution in [0.1, 0.15) is 16.1 Å². The molecule has 4 aromatic rings. The number of nitrogens with zero attached hydrogens (tertiary/aromatic N) is 1. The third-order valence-electron chi connectivity index (χ3n) is 4.33. The smallest absolute Gasteiger partial charge is 0.356 e. The van der Waals surface area contributed by atoms with Crippen LogP contribution in [0, 0.1) is 0 Å². The van der Waals surface area contributed by atoms with E-state index in [1.54, 1.807) is 48.5 Å². The summed E-state index contributed by atoms with van der Waals surface area (Å²) in [5.41, 5.74) is 1.95. The summed E-state index contributed by atoms with van der Waals surface area (Å²) in [7, 11) is 1.52. The van der Waals surface area contributed by atoms with Gasteiger partial charge in [-0.15, -0.1) is 0 Å². The van der Waals surface area contributed by atoms with Crippen LogP contribution in [0.15, 0.2) is 63.8 Å². The van der Waals surface area contributed by atoms with E-state index >= 15 is 0 Å². The number of ether oxygens (including phenoxy) is 2. The molecule has 0 atom stereocenters. The number of hydrogen-bond acceptors (Lipinski definition) is 6. The van der Waals surface area contributed by atoms with Crippen LogP contribution in [0.5, 0.6) is 5.75 Å². The number of halogens is 1. The van der Waals surface area contributed by atoms with E-state index in [0.29, 0.717) is 33.0 Å². The number of hydrogen-bond donors (Lipinski definition) is 1. The van der Waals surface area contributed by atoms with Gasteiger partial charge in [0, 0.05) is 33.7 Å². The Hall–Kier alpha value is -3.58. The molecule has 0 saturated heterocycles. The van der Waals surface area contributed by atoms with Crippen molar-refractivity contribution >= 4 is 28.5 Å². The summed E-state index contributed by atoms with van der Waals surface area (Å²) in [4.78, 5) is 24.2. The van der Waals surface area contributed by atoms with E-state index < -0.39 is 11.6 Å². The monoisotopic (exact) mass is 410 g/mol. The predicted octanol–water partition coefficient (Wildman–Crippen LogP) is 4.20. The van der Waals surface area contributed by atoms with E-state index in [2.05, 4.69) is 10.2 Å². The van der Waals surface area contributed by atoms with Crippen molar-refractivity contribution in [3.63, 3.8) is 0 Å². The zero-order chi connectivity index (χ0) is 20.4. The molecule has 0 aliphatic rings. The van der Waals surface area contributed by atoms with Crippen LogP contribution in [-0.4, -0.2) is 23.3 Å². The lowest BCUT2D eigenvalue weighted by molar-refractivity contribution is 0.0467. The number of carbonyl (C=O) groups is 1. The van der Waals surface area contributed by atoms with Crippen LogP contribution < -0.4 is 10.4 Å². The summed E-state index contributed by atoms with van der Waals surface area (Å²) in [6, 6.07) is 15.1. The van der Waals surface area contributed by atoms with Gasteiger partial charge < -0.3 is 13.9 Å². The number of nitrogens with one attached hydrogen (secondary N) is 1. The minimum absolute atomic E-state index is 0.0947. The SMILES string of the molecule is COc1ccc2c(COC(=O)c3cc(-c4ccc(Cl)cc4)n[nH]3)cc(=O)oc2c1. The fraction of sp³-hybridized carbons (Fsp3) is 0.0952. The lowest BCUT2D eigenvalue weighted by Gasteiger charge is -2.07. The topological polar surface area (TPSA) is 94.4 Å². The van der Waals surface area contributed by atoms with Crippen molar-refractivity contribution in [1.82, 2.24) is 10.2 Å². The molecule has 146 valence electrons.